The minimum Gasteiger partial charge on any atom is -0.507 e. The van der Waals surface area contributed by atoms with Crippen LogP contribution in [0.1, 0.15) is 30.6 Å². The van der Waals surface area contributed by atoms with Crippen LogP contribution in [0.5, 0.6) is 5.75 Å². The zero-order chi connectivity index (χ0) is 13.8. The van der Waals surface area contributed by atoms with Crippen molar-refractivity contribution in [2.24, 2.45) is 5.41 Å². The van der Waals surface area contributed by atoms with Gasteiger partial charge in [-0.3, -0.25) is 4.79 Å². The fraction of sp³-hybridized carbons (Fsp3) is 0.462. The molecule has 0 bridgehead atoms. The summed E-state index contributed by atoms with van der Waals surface area (Å²) in [6.07, 6.45) is 0.885. The van der Waals surface area contributed by atoms with Gasteiger partial charge in [0.2, 0.25) is 0 Å². The molecule has 100 valence electrons. The maximum Gasteiger partial charge on any atom is 0.258 e. The largest absolute Gasteiger partial charge is 0.507 e. The number of alkyl halides is 1. The molecule has 18 heavy (non-hydrogen) atoms. The van der Waals surface area contributed by atoms with Crippen molar-refractivity contribution < 1.29 is 14.3 Å². The van der Waals surface area contributed by atoms with E-state index in [0.717, 1.165) is 17.8 Å². The van der Waals surface area contributed by atoms with Crippen LogP contribution in [0.25, 0.3) is 0 Å². The summed E-state index contributed by atoms with van der Waals surface area (Å²) in [6, 6.07) is 3.80. The van der Waals surface area contributed by atoms with Gasteiger partial charge in [0, 0.05) is 11.9 Å². The molecule has 1 amide bonds. The minimum absolute atomic E-state index is 0.0833. The van der Waals surface area contributed by atoms with Gasteiger partial charge < -0.3 is 10.4 Å². The monoisotopic (exact) mass is 317 g/mol. The Bertz CT molecular complexity index is 415. The Morgan fingerprint density at radius 2 is 2.17 bits per heavy atom. The van der Waals surface area contributed by atoms with Crippen molar-refractivity contribution in [1.29, 1.82) is 0 Å². The van der Waals surface area contributed by atoms with Gasteiger partial charge in [0.1, 0.15) is 17.1 Å². The second-order valence-corrected chi connectivity index (χ2v) is 5.71. The van der Waals surface area contributed by atoms with E-state index < -0.39 is 11.7 Å². The number of hydrogen-bond donors (Lipinski definition) is 2. The maximum absolute atomic E-state index is 13.4. The molecule has 0 saturated heterocycles. The van der Waals surface area contributed by atoms with Crippen LogP contribution in [0.15, 0.2) is 18.2 Å². The Morgan fingerprint density at radius 3 is 2.72 bits per heavy atom. The molecule has 0 fully saturated rings. The number of amides is 1. The molecule has 2 N–H and O–H groups in total. The molecule has 0 aliphatic heterocycles. The summed E-state index contributed by atoms with van der Waals surface area (Å²) < 4.78 is 13.4. The van der Waals surface area contributed by atoms with Crippen molar-refractivity contribution in [2.75, 3.05) is 11.9 Å². The van der Waals surface area contributed by atoms with Gasteiger partial charge in [0.25, 0.3) is 5.91 Å². The van der Waals surface area contributed by atoms with E-state index in [2.05, 4.69) is 21.2 Å². The highest BCUT2D eigenvalue weighted by atomic mass is 79.9. The lowest BCUT2D eigenvalue weighted by Gasteiger charge is -2.24. The van der Waals surface area contributed by atoms with Crippen molar-refractivity contribution in [2.45, 2.75) is 20.3 Å². The van der Waals surface area contributed by atoms with Crippen LogP contribution in [0.4, 0.5) is 4.39 Å². The summed E-state index contributed by atoms with van der Waals surface area (Å²) >= 11 is 3.35. The number of benzene rings is 1. The first-order chi connectivity index (χ1) is 8.37. The number of carbonyl (C=O) groups is 1. The Kier molecular flexibility index (Phi) is 5.14. The molecule has 5 heteroatoms. The summed E-state index contributed by atoms with van der Waals surface area (Å²) in [5, 5.41) is 13.0. The second-order valence-electron chi connectivity index (χ2n) is 4.92. The number of rotatable bonds is 5. The average molecular weight is 318 g/mol. The molecule has 0 aromatic heterocycles. The number of halogens is 2. The third-order valence-electron chi connectivity index (χ3n) is 2.72. The highest BCUT2D eigenvalue weighted by Crippen LogP contribution is 2.22. The van der Waals surface area contributed by atoms with Gasteiger partial charge in [-0.05, 0) is 24.0 Å². The van der Waals surface area contributed by atoms with Crippen molar-refractivity contribution in [3.63, 3.8) is 0 Å². The van der Waals surface area contributed by atoms with E-state index in [-0.39, 0.29) is 16.7 Å². The maximum atomic E-state index is 13.4. The number of carbonyl (C=O) groups excluding carboxylic acids is 1. The second kappa shape index (κ2) is 6.18. The number of nitrogens with one attached hydrogen (secondary N) is 1. The predicted octanol–water partition coefficient (Wildman–Crippen LogP) is 3.07. The first kappa shape index (κ1) is 15.0. The number of hydrogen-bond acceptors (Lipinski definition) is 2. The molecule has 0 heterocycles. The lowest BCUT2D eigenvalue weighted by atomic mass is 9.90. The molecule has 0 radical (unpaired) electrons. The summed E-state index contributed by atoms with van der Waals surface area (Å²) in [7, 11) is 0. The van der Waals surface area contributed by atoms with Crippen LogP contribution in [-0.2, 0) is 0 Å². The number of phenols is 1. The zero-order valence-corrected chi connectivity index (χ0v) is 12.1. The summed E-state index contributed by atoms with van der Waals surface area (Å²) in [4.78, 5) is 11.8. The molecular formula is C13H17BrFNO2. The SMILES string of the molecule is CC(C)(CCBr)CNC(=O)c1c(O)cccc1F. The zero-order valence-electron chi connectivity index (χ0n) is 10.5. The lowest BCUT2D eigenvalue weighted by Crippen LogP contribution is -2.34. The normalized spacial score (nSPS) is 11.3. The Morgan fingerprint density at radius 1 is 1.50 bits per heavy atom. The fourth-order valence-corrected chi connectivity index (χ4v) is 2.56. The van der Waals surface area contributed by atoms with Gasteiger partial charge in [0.15, 0.2) is 0 Å². The summed E-state index contributed by atoms with van der Waals surface area (Å²) in [5.74, 6) is -1.65. The summed E-state index contributed by atoms with van der Waals surface area (Å²) in [5.41, 5.74) is -0.382. The minimum atomic E-state index is -0.717. The van der Waals surface area contributed by atoms with Gasteiger partial charge in [-0.25, -0.2) is 4.39 Å². The highest BCUT2D eigenvalue weighted by Gasteiger charge is 2.21. The van der Waals surface area contributed by atoms with Crippen LogP contribution in [0, 0.1) is 11.2 Å². The standard InChI is InChI=1S/C13H17BrFNO2/c1-13(2,6-7-14)8-16-12(18)11-9(15)4-3-5-10(11)17/h3-5,17H,6-8H2,1-2H3,(H,16,18). The van der Waals surface area contributed by atoms with E-state index in [9.17, 15) is 14.3 Å². The first-order valence-electron chi connectivity index (χ1n) is 5.69. The molecule has 0 atom stereocenters. The molecule has 1 aromatic rings. The summed E-state index contributed by atoms with van der Waals surface area (Å²) in [6.45, 7) is 4.44. The van der Waals surface area contributed by atoms with E-state index in [1.54, 1.807) is 0 Å². The molecule has 0 unspecified atom stereocenters. The van der Waals surface area contributed by atoms with E-state index >= 15 is 0 Å². The van der Waals surface area contributed by atoms with Gasteiger partial charge in [0.05, 0.1) is 0 Å². The van der Waals surface area contributed by atoms with Crippen LogP contribution in [0.3, 0.4) is 0 Å². The molecule has 0 spiro atoms. The lowest BCUT2D eigenvalue weighted by molar-refractivity contribution is 0.0929. The predicted molar refractivity (Wildman–Crippen MR) is 72.6 cm³/mol. The Labute approximate surface area is 115 Å². The third-order valence-corrected chi connectivity index (χ3v) is 3.11. The fourth-order valence-electron chi connectivity index (χ4n) is 1.49. The van der Waals surface area contributed by atoms with E-state index in [0.29, 0.717) is 6.54 Å². The van der Waals surface area contributed by atoms with Crippen molar-refractivity contribution in [3.05, 3.63) is 29.6 Å². The Hall–Kier alpha value is -1.10. The van der Waals surface area contributed by atoms with E-state index in [4.69, 9.17) is 0 Å². The first-order valence-corrected chi connectivity index (χ1v) is 6.81. The van der Waals surface area contributed by atoms with E-state index in [1.807, 2.05) is 13.8 Å². The van der Waals surface area contributed by atoms with Gasteiger partial charge >= 0.3 is 0 Å². The van der Waals surface area contributed by atoms with Crippen LogP contribution < -0.4 is 5.32 Å². The molecule has 1 rings (SSSR count). The van der Waals surface area contributed by atoms with Gasteiger partial charge in [-0.2, -0.15) is 0 Å². The highest BCUT2D eigenvalue weighted by molar-refractivity contribution is 9.09. The van der Waals surface area contributed by atoms with Crippen LogP contribution in [-0.4, -0.2) is 22.9 Å². The van der Waals surface area contributed by atoms with Gasteiger partial charge in [-0.15, -0.1) is 0 Å². The molecular weight excluding hydrogens is 301 g/mol. The van der Waals surface area contributed by atoms with Gasteiger partial charge in [-0.1, -0.05) is 35.8 Å². The van der Waals surface area contributed by atoms with Crippen molar-refractivity contribution in [3.8, 4) is 5.75 Å². The molecule has 0 aliphatic carbocycles. The molecule has 3 nitrogen and oxygen atoms in total. The topological polar surface area (TPSA) is 49.3 Å². The van der Waals surface area contributed by atoms with E-state index in [1.165, 1.54) is 12.1 Å². The average Bonchev–Trinajstić information content (AvgIpc) is 2.26. The van der Waals surface area contributed by atoms with Crippen molar-refractivity contribution in [1.82, 2.24) is 5.32 Å². The quantitative estimate of drug-likeness (QED) is 0.820. The third kappa shape index (κ3) is 3.98. The molecule has 1 aromatic carbocycles. The van der Waals surface area contributed by atoms with Crippen LogP contribution >= 0.6 is 15.9 Å². The smallest absolute Gasteiger partial charge is 0.258 e. The van der Waals surface area contributed by atoms with Crippen molar-refractivity contribution >= 4 is 21.8 Å². The number of aromatic hydroxyl groups is 1. The molecule has 0 saturated carbocycles. The Balaban J connectivity index is 2.72. The number of phenolic OH excluding ortho intramolecular Hbond substituents is 1. The molecule has 0 aliphatic rings. The van der Waals surface area contributed by atoms with Crippen LogP contribution in [0.2, 0.25) is 0 Å².